The van der Waals surface area contributed by atoms with Gasteiger partial charge in [0.25, 0.3) is 0 Å². The number of aliphatic hydroxyl groups is 12. The molecule has 1 unspecified atom stereocenters. The lowest BCUT2D eigenvalue weighted by molar-refractivity contribution is -0.138. The number of unbranched alkanes of at least 4 members (excludes halogenated alkanes) is 5. The molecule has 111 heavy (non-hydrogen) atoms. The van der Waals surface area contributed by atoms with E-state index in [0.717, 1.165) is 44.1 Å². The largest absolute Gasteiger partial charge is 0.481 e. The van der Waals surface area contributed by atoms with Gasteiger partial charge in [0.2, 0.25) is 0 Å². The van der Waals surface area contributed by atoms with Crippen molar-refractivity contribution in [2.24, 2.45) is 0 Å². The zero-order valence-corrected chi connectivity index (χ0v) is 67.4. The second kappa shape index (κ2) is 72.0. The summed E-state index contributed by atoms with van der Waals surface area (Å²) in [5, 5.41) is 153. The molecule has 1 rings (SSSR count). The van der Waals surface area contributed by atoms with Gasteiger partial charge in [0.1, 0.15) is 0 Å². The third-order valence-corrected chi connectivity index (χ3v) is 15.8. The summed E-state index contributed by atoms with van der Waals surface area (Å²) in [6, 6.07) is 9.83. The molecule has 0 amide bonds. The number of allylic oxidation sites excluding steroid dienone is 24. The van der Waals surface area contributed by atoms with Gasteiger partial charge in [-0.05, 0) is 116 Å². The second-order valence-electron chi connectivity index (χ2n) is 26.9. The maximum Gasteiger partial charge on any atom is 0.389 e. The molecule has 0 aliphatic carbocycles. The minimum absolute atomic E-state index is 0. The van der Waals surface area contributed by atoms with Gasteiger partial charge in [-0.3, -0.25) is 19.2 Å². The van der Waals surface area contributed by atoms with E-state index in [0.29, 0.717) is 77.0 Å². The fraction of sp³-hybridized carbons (Fsp3) is 0.512. The summed E-state index contributed by atoms with van der Waals surface area (Å²) in [6.45, 7) is 9.07. The zero-order chi connectivity index (χ0) is 82.6. The first-order valence-electron chi connectivity index (χ1n) is 37.5. The van der Waals surface area contributed by atoms with Crippen LogP contribution in [0.15, 0.2) is 225 Å². The molecule has 0 saturated heterocycles. The molecule has 1 aromatic rings. The van der Waals surface area contributed by atoms with Gasteiger partial charge in [-0.25, -0.2) is 0 Å². The third kappa shape index (κ3) is 80.8. The lowest BCUT2D eigenvalue weighted by atomic mass is 9.98. The van der Waals surface area contributed by atoms with Crippen LogP contribution >= 0.6 is 27.0 Å². The van der Waals surface area contributed by atoms with Crippen molar-refractivity contribution in [3.05, 3.63) is 230 Å². The molecule has 0 saturated carbocycles. The molecule has 0 heterocycles. The summed E-state index contributed by atoms with van der Waals surface area (Å²) < 4.78 is 36.1. The summed E-state index contributed by atoms with van der Waals surface area (Å²) in [5.41, 5.74) is -2.02. The van der Waals surface area contributed by atoms with Gasteiger partial charge in [-0.1, -0.05) is 284 Å². The Labute approximate surface area is 671 Å². The highest BCUT2D eigenvalue weighted by Crippen LogP contribution is 2.24. The van der Waals surface area contributed by atoms with Gasteiger partial charge >= 0.3 is 30.1 Å². The molecule has 0 bridgehead atoms. The first-order valence-corrected chi connectivity index (χ1v) is 37.5. The van der Waals surface area contributed by atoms with Crippen LogP contribution in [0.5, 0.6) is 0 Å². The van der Waals surface area contributed by atoms with E-state index in [1.807, 2.05) is 30.3 Å². The van der Waals surface area contributed by atoms with Crippen molar-refractivity contribution in [3.63, 3.8) is 0 Å². The van der Waals surface area contributed by atoms with Crippen LogP contribution in [0.1, 0.15) is 201 Å². The number of aliphatic carboxylic acids is 4. The minimum atomic E-state index is -4.20. The molecule has 0 spiro atoms. The van der Waals surface area contributed by atoms with Crippen molar-refractivity contribution >= 4 is 50.9 Å². The molecule has 12 atom stereocenters. The zero-order valence-electron chi connectivity index (χ0n) is 65.4. The Morgan fingerprint density at radius 3 is 0.883 bits per heavy atom. The van der Waals surface area contributed by atoms with E-state index in [-0.39, 0.29) is 71.9 Å². The van der Waals surface area contributed by atoms with E-state index >= 15 is 0 Å². The topological polar surface area (TPSA) is 392 Å². The molecular formula is C86H133F3O20S2. The van der Waals surface area contributed by atoms with Crippen molar-refractivity contribution in [1.82, 2.24) is 0 Å². The van der Waals surface area contributed by atoms with E-state index in [1.54, 1.807) is 203 Å². The predicted molar refractivity (Wildman–Crippen MR) is 446 cm³/mol. The Bertz CT molecular complexity index is 2940. The van der Waals surface area contributed by atoms with Crippen LogP contribution in [0.2, 0.25) is 0 Å². The minimum Gasteiger partial charge on any atom is -0.481 e. The number of carboxylic acids is 4. The van der Waals surface area contributed by atoms with Gasteiger partial charge in [0.15, 0.2) is 0 Å². The lowest BCUT2D eigenvalue weighted by Crippen LogP contribution is -2.24. The summed E-state index contributed by atoms with van der Waals surface area (Å²) in [6.07, 6.45) is 52.5. The highest BCUT2D eigenvalue weighted by molar-refractivity contribution is 7.59. The molecule has 20 nitrogen and oxygen atoms in total. The Kier molecular flexibility index (Phi) is 72.9. The Balaban J connectivity index is -0.000000448. The van der Waals surface area contributed by atoms with Crippen molar-refractivity contribution < 1.29 is 114 Å². The molecule has 0 radical (unpaired) electrons. The number of aliphatic hydroxyl groups excluding tert-OH is 9. The Morgan fingerprint density at radius 2 is 0.595 bits per heavy atom. The molecule has 0 aliphatic heterocycles. The number of carbonyl (C=O) groups is 4. The number of carboxylic acid groups (broad SMARTS) is 4. The highest BCUT2D eigenvalue weighted by Gasteiger charge is 2.26. The van der Waals surface area contributed by atoms with E-state index in [4.69, 9.17) is 20.4 Å². The van der Waals surface area contributed by atoms with Crippen molar-refractivity contribution in [2.75, 3.05) is 0 Å². The highest BCUT2D eigenvalue weighted by atomic mass is 32.1. The molecule has 0 aliphatic rings. The van der Waals surface area contributed by atoms with Gasteiger partial charge in [0, 0.05) is 32.1 Å². The second-order valence-corrected chi connectivity index (χ2v) is 26.9. The summed E-state index contributed by atoms with van der Waals surface area (Å²) in [5.74, 6) is -3.48. The predicted octanol–water partition coefficient (Wildman–Crippen LogP) is 14.5. The van der Waals surface area contributed by atoms with Gasteiger partial charge in [-0.2, -0.15) is 40.2 Å². The average molecular weight is 1610 g/mol. The average Bonchev–Trinajstić information content (AvgIpc) is 0.956. The van der Waals surface area contributed by atoms with Crippen molar-refractivity contribution in [1.29, 1.82) is 0 Å². The van der Waals surface area contributed by atoms with Gasteiger partial charge < -0.3 is 81.7 Å². The normalized spacial score (nSPS) is 16.7. The van der Waals surface area contributed by atoms with Crippen LogP contribution in [0, 0.1) is 0 Å². The lowest BCUT2D eigenvalue weighted by Gasteiger charge is -2.17. The molecular weight excluding hydrogens is 1470 g/mol. The number of rotatable bonds is 55. The number of aryl methyl sites for hydroxylation is 1. The summed E-state index contributed by atoms with van der Waals surface area (Å²) >= 11 is 0. The Hall–Kier alpha value is -7.05. The SMILES string of the molecule is CCCCC[C@@H](O)[C@@H](O)/C=C/C=C/C=C\C=C\C(C)(O)CCCC(=O)O.CCCCC[C@@H](O)[C@@H](O)/C=C/C=C/C=C\C=C\[C@@](C)(O)CCCC(=O)O.C[C@@](O)(/C=C/C=C\C=C\C=C\[C@H](O)[C@H](O)CCCCC(F)(F)F)CCCC(=O)O.O=C(O)CCC[C@H](O)/C=C/C=C\C=C\C=C\[C@H](O)[C@H](O)CCc1ccccc1.S.S. The molecule has 25 heteroatoms. The van der Waals surface area contributed by atoms with Crippen LogP contribution in [0.3, 0.4) is 0 Å². The number of hydrogen-bond acceptors (Lipinski definition) is 16. The molecule has 0 fully saturated rings. The number of hydrogen-bond donors (Lipinski definition) is 16. The molecule has 0 aromatic heterocycles. The first kappa shape index (κ1) is 113. The van der Waals surface area contributed by atoms with Crippen molar-refractivity contribution in [3.8, 4) is 0 Å². The first-order chi connectivity index (χ1) is 51.5. The standard InChI is InChI=1S/C23H30O5.C21H31F3O5.2C21H34O5.2H2S/c24-20(14-10-16-23(27)28)13-8-3-1-2-4-9-15-21(25)22(26)18-17-19-11-6-5-7-12-19;1-20(29,15-10-13-19(27)28)14-8-5-3-2-4-6-11-17(25)18(26)12-7-9-16-21(22,23)24;2*1-3-4-9-13-18(22)19(23)14-10-7-5-6-8-11-16-21(2,26)17-12-15-20(24)25;;/h1-9,11-13,15,20-22,24-26H,10,14,16-18H2,(H,27,28);2-6,8,11,14,17-18,25-26,29H,7,9-10,12-13,15-16H2,1H3,(H,27,28);2*5-8,10-11,14,16,18-19,22-23,26H,3-4,9,12-13,15,17H2,1-2H3,(H,24,25);2*1H2/b3-1-,4-2+,13-8+,15-9+;4-2+,5-3-,11-6+,14-8+;2*7-5+,8-6-,14-10+,16-11+;;/t20-,21+,22-;17-,18+,20+;18-,19+,21?;18-,19+,21-;;/m1011../s1. The van der Waals surface area contributed by atoms with Gasteiger partial charge in [0.05, 0.1) is 71.7 Å². The fourth-order valence-corrected chi connectivity index (χ4v) is 9.36. The summed E-state index contributed by atoms with van der Waals surface area (Å²) in [4.78, 5) is 41.7. The fourth-order valence-electron chi connectivity index (χ4n) is 9.36. The van der Waals surface area contributed by atoms with E-state index in [2.05, 4.69) is 13.8 Å². The number of halogens is 3. The van der Waals surface area contributed by atoms with Crippen molar-refractivity contribution in [2.45, 2.75) is 279 Å². The van der Waals surface area contributed by atoms with E-state index in [1.165, 1.54) is 12.2 Å². The van der Waals surface area contributed by atoms with Crippen LogP contribution < -0.4 is 0 Å². The maximum atomic E-state index is 12.0. The smallest absolute Gasteiger partial charge is 0.389 e. The van der Waals surface area contributed by atoms with Gasteiger partial charge in [-0.15, -0.1) is 0 Å². The molecule has 16 N–H and O–H groups in total. The van der Waals surface area contributed by atoms with E-state index in [9.17, 15) is 93.6 Å². The third-order valence-electron chi connectivity index (χ3n) is 15.8. The van der Waals surface area contributed by atoms with E-state index < -0.39 is 108 Å². The van der Waals surface area contributed by atoms with Crippen LogP contribution in [0.4, 0.5) is 13.2 Å². The molecule has 1 aromatic carbocycles. The number of benzene rings is 1. The van der Waals surface area contributed by atoms with Crippen LogP contribution in [-0.2, 0) is 25.6 Å². The molecule has 630 valence electrons. The van der Waals surface area contributed by atoms with Crippen LogP contribution in [0.25, 0.3) is 0 Å². The number of alkyl halides is 3. The Morgan fingerprint density at radius 1 is 0.333 bits per heavy atom. The van der Waals surface area contributed by atoms with Crippen LogP contribution in [-0.4, -0.2) is 183 Å². The quantitative estimate of drug-likeness (QED) is 0.0213. The monoisotopic (exact) mass is 1610 g/mol. The maximum absolute atomic E-state index is 12.0. The summed E-state index contributed by atoms with van der Waals surface area (Å²) in [7, 11) is 0.